The number of halogens is 1. The molecule has 2 aliphatic heterocycles. The molecule has 2 aromatic rings. The van der Waals surface area contributed by atoms with Gasteiger partial charge in [-0.1, -0.05) is 43.7 Å². The van der Waals surface area contributed by atoms with E-state index in [4.69, 9.17) is 25.8 Å². The molecule has 1 fully saturated rings. The van der Waals surface area contributed by atoms with Crippen molar-refractivity contribution in [1.29, 1.82) is 0 Å². The van der Waals surface area contributed by atoms with E-state index < -0.39 is 9.71 Å². The van der Waals surface area contributed by atoms with Crippen molar-refractivity contribution in [1.82, 2.24) is 4.72 Å². The van der Waals surface area contributed by atoms with E-state index in [1.807, 2.05) is 25.1 Å². The molecule has 1 saturated carbocycles. The molecule has 46 heavy (non-hydrogen) atoms. The number of anilines is 1. The first-order valence-electron chi connectivity index (χ1n) is 16.9. The molecule has 2 aliphatic carbocycles. The lowest BCUT2D eigenvalue weighted by Gasteiger charge is -2.46. The summed E-state index contributed by atoms with van der Waals surface area (Å²) >= 11 is 6.45. The lowest BCUT2D eigenvalue weighted by molar-refractivity contribution is -0.0309. The number of nitrogens with zero attached hydrogens (tertiary/aromatic N) is 1. The van der Waals surface area contributed by atoms with Crippen molar-refractivity contribution in [3.05, 3.63) is 70.3 Å². The average Bonchev–Trinajstić information content (AvgIpc) is 3.15. The first kappa shape index (κ1) is 33.4. The Morgan fingerprint density at radius 1 is 1.20 bits per heavy atom. The molecule has 250 valence electrons. The maximum atomic E-state index is 14.0. The van der Waals surface area contributed by atoms with Crippen LogP contribution >= 0.6 is 11.6 Å². The minimum absolute atomic E-state index is 0.0292. The number of rotatable bonds is 5. The molecule has 2 heterocycles. The van der Waals surface area contributed by atoms with Crippen LogP contribution in [0.4, 0.5) is 5.69 Å². The molecule has 2 bridgehead atoms. The number of carbonyl (C=O) groups is 1. The highest BCUT2D eigenvalue weighted by molar-refractivity contribution is 7.99. The summed E-state index contributed by atoms with van der Waals surface area (Å²) in [5.74, 6) is 5.33. The van der Waals surface area contributed by atoms with Gasteiger partial charge < -0.3 is 19.1 Å². The summed E-state index contributed by atoms with van der Waals surface area (Å²) in [5.41, 5.74) is 3.78. The first-order valence-corrected chi connectivity index (χ1v) is 19.1. The summed E-state index contributed by atoms with van der Waals surface area (Å²) in [6, 6.07) is 11.9. The summed E-state index contributed by atoms with van der Waals surface area (Å²) in [7, 11) is -1.22. The van der Waals surface area contributed by atoms with Gasteiger partial charge in [0.2, 0.25) is 0 Å². The maximum Gasteiger partial charge on any atom is 0.262 e. The first-order chi connectivity index (χ1) is 22.1. The van der Waals surface area contributed by atoms with E-state index in [1.54, 1.807) is 13.2 Å². The van der Waals surface area contributed by atoms with Gasteiger partial charge in [-0.05, 0) is 110 Å². The van der Waals surface area contributed by atoms with Crippen LogP contribution in [-0.4, -0.2) is 67.4 Å². The molecule has 7 nitrogen and oxygen atoms in total. The van der Waals surface area contributed by atoms with Crippen molar-refractivity contribution in [3.8, 4) is 5.75 Å². The minimum atomic E-state index is -2.93. The number of amides is 1. The number of ether oxygens (including phenoxy) is 3. The van der Waals surface area contributed by atoms with Gasteiger partial charge in [0.15, 0.2) is 0 Å². The number of methoxy groups -OCH3 is 1. The number of nitrogens with one attached hydrogen (secondary N) is 1. The van der Waals surface area contributed by atoms with Crippen LogP contribution in [0, 0.1) is 17.8 Å². The van der Waals surface area contributed by atoms with Gasteiger partial charge in [-0.25, -0.2) is 4.21 Å². The zero-order valence-corrected chi connectivity index (χ0v) is 29.0. The van der Waals surface area contributed by atoms with E-state index in [-0.39, 0.29) is 28.6 Å². The molecule has 1 spiro atoms. The zero-order chi connectivity index (χ0) is 32.5. The Morgan fingerprint density at radius 3 is 2.80 bits per heavy atom. The summed E-state index contributed by atoms with van der Waals surface area (Å²) < 4.78 is 35.3. The van der Waals surface area contributed by atoms with E-state index >= 15 is 0 Å². The number of benzene rings is 2. The number of allylic oxidation sites excluding steroid dienone is 1. The lowest BCUT2D eigenvalue weighted by atomic mass is 9.68. The fourth-order valence-electron chi connectivity index (χ4n) is 8.30. The Labute approximate surface area is 280 Å². The fraction of sp³-hybridized carbons (Fsp3) is 0.568. The van der Waals surface area contributed by atoms with Crippen molar-refractivity contribution in [2.24, 2.45) is 17.8 Å². The second kappa shape index (κ2) is 13.9. The molecule has 1 amide bonds. The minimum Gasteiger partial charge on any atom is -0.490 e. The third-order valence-corrected chi connectivity index (χ3v) is 13.4. The number of hydrogen-bond donors (Lipinski definition) is 1. The molecule has 7 atom stereocenters. The van der Waals surface area contributed by atoms with Crippen molar-refractivity contribution in [2.75, 3.05) is 44.9 Å². The van der Waals surface area contributed by atoms with E-state index in [0.29, 0.717) is 43.6 Å². The highest BCUT2D eigenvalue weighted by atomic mass is 35.5. The standard InChI is InChI=1S/C37H49ClN2O5S/c1-5-35-25(2)8-6-10-33(44-19-18-43-3)30-14-11-28(30)22-40-23-37(17-7-9-26-20-29(38)13-15-31(26)37)24-45-34-16-12-27(21-32(34)40)36(41)39-46(35,4)42/h6,10,12-13,15-16,20-21,25,28,30,33,35H,4-5,7-9,11,14,17-19,22-24H2,1-3H3,(H,39,41,42)/b10-6+/t25-,28-,30+,33-,35+,37-,46?/m0/s1. The third-order valence-electron chi connectivity index (χ3n) is 10.9. The van der Waals surface area contributed by atoms with E-state index in [0.717, 1.165) is 68.1 Å². The van der Waals surface area contributed by atoms with Crippen molar-refractivity contribution < 1.29 is 23.2 Å². The van der Waals surface area contributed by atoms with Gasteiger partial charge in [0.1, 0.15) is 5.75 Å². The van der Waals surface area contributed by atoms with E-state index in [2.05, 4.69) is 46.7 Å². The van der Waals surface area contributed by atoms with Crippen LogP contribution in [0.25, 0.3) is 0 Å². The number of fused-ring (bicyclic) bond motifs is 4. The highest BCUT2D eigenvalue weighted by Crippen LogP contribution is 2.47. The SMILES string of the molecule is C=S1(=O)NC(=O)c2ccc3c(c2)N(C[C@@H]2CC[C@H]2[C@@H](OCCOC)/C=C/C[C@H](C)[C@H]1CC)C[C@@]1(CCCc2cc(Cl)ccc21)CO3. The monoisotopic (exact) mass is 668 g/mol. The predicted octanol–water partition coefficient (Wildman–Crippen LogP) is 6.61. The quantitative estimate of drug-likeness (QED) is 0.220. The molecule has 1 N–H and O–H groups in total. The van der Waals surface area contributed by atoms with E-state index in [9.17, 15) is 9.00 Å². The number of hydrogen-bond acceptors (Lipinski definition) is 6. The molecule has 4 aliphatic rings. The smallest absolute Gasteiger partial charge is 0.262 e. The summed E-state index contributed by atoms with van der Waals surface area (Å²) in [6.07, 6.45) is 11.0. The average molecular weight is 669 g/mol. The molecule has 9 heteroatoms. The summed E-state index contributed by atoms with van der Waals surface area (Å²) in [4.78, 5) is 16.2. The zero-order valence-electron chi connectivity index (χ0n) is 27.5. The van der Waals surface area contributed by atoms with Gasteiger partial charge in [0.25, 0.3) is 5.91 Å². The highest BCUT2D eigenvalue weighted by Gasteiger charge is 2.44. The molecule has 6 rings (SSSR count). The van der Waals surface area contributed by atoms with Crippen molar-refractivity contribution in [2.45, 2.75) is 75.6 Å². The largest absolute Gasteiger partial charge is 0.490 e. The Hall–Kier alpha value is -2.52. The molecular formula is C37H49ClN2O5S. The van der Waals surface area contributed by atoms with Crippen LogP contribution in [-0.2, 0) is 31.0 Å². The van der Waals surface area contributed by atoms with Gasteiger partial charge >= 0.3 is 0 Å². The second-order valence-electron chi connectivity index (χ2n) is 13.9. The van der Waals surface area contributed by atoms with Gasteiger partial charge in [0, 0.05) is 41.5 Å². The second-order valence-corrected chi connectivity index (χ2v) is 16.6. The summed E-state index contributed by atoms with van der Waals surface area (Å²) in [6.45, 7) is 7.35. The predicted molar refractivity (Wildman–Crippen MR) is 188 cm³/mol. The van der Waals surface area contributed by atoms with Crippen LogP contribution in [0.3, 0.4) is 0 Å². The Bertz CT molecular complexity index is 1560. The summed E-state index contributed by atoms with van der Waals surface area (Å²) in [5, 5.41) is 0.500. The van der Waals surface area contributed by atoms with Gasteiger partial charge in [-0.3, -0.25) is 9.52 Å². The van der Waals surface area contributed by atoms with Gasteiger partial charge in [-0.2, -0.15) is 0 Å². The Morgan fingerprint density at radius 2 is 2.04 bits per heavy atom. The van der Waals surface area contributed by atoms with Crippen molar-refractivity contribution >= 4 is 38.8 Å². The Kier molecular flexibility index (Phi) is 10.1. The molecular weight excluding hydrogens is 620 g/mol. The van der Waals surface area contributed by atoms with Crippen LogP contribution in [0.1, 0.15) is 73.9 Å². The Balaban J connectivity index is 1.42. The third kappa shape index (κ3) is 6.73. The topological polar surface area (TPSA) is 77.1 Å². The van der Waals surface area contributed by atoms with E-state index in [1.165, 1.54) is 11.1 Å². The molecule has 0 saturated heterocycles. The maximum absolute atomic E-state index is 14.0. The van der Waals surface area contributed by atoms with Gasteiger partial charge in [-0.15, -0.1) is 0 Å². The molecule has 2 aromatic carbocycles. The normalized spacial score (nSPS) is 33.5. The molecule has 0 radical (unpaired) electrons. The molecule has 0 aromatic heterocycles. The number of aryl methyl sites for hydroxylation is 1. The van der Waals surface area contributed by atoms with Gasteiger partial charge in [0.05, 0.1) is 41.3 Å². The van der Waals surface area contributed by atoms with Crippen LogP contribution in [0.15, 0.2) is 48.6 Å². The van der Waals surface area contributed by atoms with Crippen LogP contribution in [0.5, 0.6) is 5.75 Å². The molecule has 1 unspecified atom stereocenters. The lowest BCUT2D eigenvalue weighted by Crippen LogP contribution is -2.49. The fourth-order valence-corrected chi connectivity index (χ4v) is 10.5. The van der Waals surface area contributed by atoms with Crippen LogP contribution in [0.2, 0.25) is 5.02 Å². The number of carbonyl (C=O) groups excluding carboxylic acids is 1. The van der Waals surface area contributed by atoms with Crippen LogP contribution < -0.4 is 14.4 Å². The van der Waals surface area contributed by atoms with Crippen molar-refractivity contribution in [3.63, 3.8) is 0 Å².